The van der Waals surface area contributed by atoms with E-state index in [9.17, 15) is 4.79 Å². The van der Waals surface area contributed by atoms with Crippen LogP contribution in [-0.2, 0) is 16.6 Å². The molecule has 1 heterocycles. The van der Waals surface area contributed by atoms with E-state index in [1.807, 2.05) is 18.5 Å². The molecule has 0 aromatic carbocycles. The maximum Gasteiger partial charge on any atom is 0.322 e. The molecule has 7 heteroatoms. The van der Waals surface area contributed by atoms with Crippen LogP contribution in [-0.4, -0.2) is 45.7 Å². The smallest absolute Gasteiger partial charge is 0.322 e. The fourth-order valence-corrected chi connectivity index (χ4v) is 2.69. The first-order valence-electron chi connectivity index (χ1n) is 6.44. The third-order valence-corrected chi connectivity index (χ3v) is 4.24. The number of rotatable bonds is 7. The Kier molecular flexibility index (Phi) is 4.81. The fraction of sp³-hybridized carbons (Fsp3) is 0.750. The molecular formula is C12H20N4O2S. The van der Waals surface area contributed by atoms with Gasteiger partial charge in [-0.2, -0.15) is 0 Å². The number of esters is 1. The number of nitrogens with one attached hydrogen (secondary N) is 1. The molecule has 1 aliphatic carbocycles. The number of aryl methyl sites for hydroxylation is 1. The molecule has 6 nitrogen and oxygen atoms in total. The normalized spacial score (nSPS) is 16.4. The Labute approximate surface area is 117 Å². The Morgan fingerprint density at radius 3 is 2.84 bits per heavy atom. The second kappa shape index (κ2) is 6.38. The van der Waals surface area contributed by atoms with Gasteiger partial charge in [0.1, 0.15) is 11.9 Å². The Morgan fingerprint density at radius 2 is 2.32 bits per heavy atom. The van der Waals surface area contributed by atoms with E-state index in [0.29, 0.717) is 6.04 Å². The minimum Gasteiger partial charge on any atom is -0.468 e. The quantitative estimate of drug-likeness (QED) is 0.592. The van der Waals surface area contributed by atoms with E-state index in [4.69, 9.17) is 4.74 Å². The summed E-state index contributed by atoms with van der Waals surface area (Å²) in [6.45, 7) is 1.92. The van der Waals surface area contributed by atoms with Gasteiger partial charge in [-0.05, 0) is 26.2 Å². The summed E-state index contributed by atoms with van der Waals surface area (Å²) < 4.78 is 6.78. The minimum atomic E-state index is -0.209. The predicted octanol–water partition coefficient (Wildman–Crippen LogP) is 0.899. The highest BCUT2D eigenvalue weighted by molar-refractivity contribution is 7.99. The first kappa shape index (κ1) is 14.3. The summed E-state index contributed by atoms with van der Waals surface area (Å²) in [4.78, 5) is 11.7. The Hall–Kier alpha value is -1.08. The number of thioether (sulfide) groups is 1. The van der Waals surface area contributed by atoms with Crippen molar-refractivity contribution in [3.63, 3.8) is 0 Å². The van der Waals surface area contributed by atoms with Crippen LogP contribution in [0.4, 0.5) is 0 Å². The van der Waals surface area contributed by atoms with Gasteiger partial charge < -0.3 is 14.6 Å². The molecular weight excluding hydrogens is 264 g/mol. The van der Waals surface area contributed by atoms with Gasteiger partial charge in [-0.1, -0.05) is 11.8 Å². The number of hydrogen-bond acceptors (Lipinski definition) is 6. The lowest BCUT2D eigenvalue weighted by atomic mass is 10.2. The van der Waals surface area contributed by atoms with E-state index in [2.05, 4.69) is 15.5 Å². The van der Waals surface area contributed by atoms with Crippen molar-refractivity contribution >= 4 is 17.7 Å². The van der Waals surface area contributed by atoms with E-state index in [0.717, 1.165) is 36.0 Å². The lowest BCUT2D eigenvalue weighted by Gasteiger charge is -2.15. The van der Waals surface area contributed by atoms with E-state index >= 15 is 0 Å². The van der Waals surface area contributed by atoms with Gasteiger partial charge in [0.15, 0.2) is 5.16 Å². The van der Waals surface area contributed by atoms with E-state index in [1.165, 1.54) is 7.11 Å². The van der Waals surface area contributed by atoms with Gasteiger partial charge in [0.25, 0.3) is 0 Å². The van der Waals surface area contributed by atoms with E-state index in [1.54, 1.807) is 11.8 Å². The first-order chi connectivity index (χ1) is 9.11. The number of hydrogen-bond donors (Lipinski definition) is 1. The maximum atomic E-state index is 11.7. The molecule has 1 fully saturated rings. The highest BCUT2D eigenvalue weighted by Crippen LogP contribution is 2.22. The van der Waals surface area contributed by atoms with Crippen LogP contribution in [0.3, 0.4) is 0 Å². The van der Waals surface area contributed by atoms with Crippen LogP contribution < -0.4 is 5.32 Å². The molecule has 1 aliphatic rings. The summed E-state index contributed by atoms with van der Waals surface area (Å²) in [5, 5.41) is 12.3. The van der Waals surface area contributed by atoms with E-state index in [-0.39, 0.29) is 12.0 Å². The van der Waals surface area contributed by atoms with Gasteiger partial charge >= 0.3 is 5.97 Å². The van der Waals surface area contributed by atoms with Gasteiger partial charge in [0, 0.05) is 18.8 Å². The van der Waals surface area contributed by atoms with E-state index < -0.39 is 0 Å². The molecule has 0 saturated heterocycles. The molecule has 106 valence electrons. The van der Waals surface area contributed by atoms with Crippen LogP contribution in [0.5, 0.6) is 0 Å². The lowest BCUT2D eigenvalue weighted by Crippen LogP contribution is -2.39. The second-order valence-corrected chi connectivity index (χ2v) is 5.80. The Morgan fingerprint density at radius 1 is 1.58 bits per heavy atom. The largest absolute Gasteiger partial charge is 0.468 e. The van der Waals surface area contributed by atoms with Crippen molar-refractivity contribution in [3.8, 4) is 0 Å². The van der Waals surface area contributed by atoms with Gasteiger partial charge in [-0.15, -0.1) is 10.2 Å². The number of nitrogens with zero attached hydrogens (tertiary/aromatic N) is 3. The molecule has 0 spiro atoms. The fourth-order valence-electron chi connectivity index (χ4n) is 1.73. The van der Waals surface area contributed by atoms with Crippen molar-refractivity contribution in [2.24, 2.45) is 7.05 Å². The highest BCUT2D eigenvalue weighted by Gasteiger charge is 2.28. The summed E-state index contributed by atoms with van der Waals surface area (Å²) in [5.41, 5.74) is 0. The number of carbonyl (C=O) groups is 1. The van der Waals surface area contributed by atoms with Crippen molar-refractivity contribution in [1.82, 2.24) is 20.1 Å². The molecule has 0 amide bonds. The minimum absolute atomic E-state index is 0.179. The average molecular weight is 284 g/mol. The summed E-state index contributed by atoms with van der Waals surface area (Å²) in [5.74, 6) is 1.52. The topological polar surface area (TPSA) is 69.0 Å². The molecule has 19 heavy (non-hydrogen) atoms. The van der Waals surface area contributed by atoms with Crippen LogP contribution in [0.1, 0.15) is 25.1 Å². The van der Waals surface area contributed by atoms with Crippen LogP contribution in [0, 0.1) is 6.92 Å². The standard InChI is InChI=1S/C12H20N4O2S/c1-8-14-15-12(16(8)2)19-7-6-10(11(17)18-3)13-9-4-5-9/h9-10,13H,4-7H2,1-3H3. The van der Waals surface area contributed by atoms with Crippen molar-refractivity contribution < 1.29 is 9.53 Å². The molecule has 0 radical (unpaired) electrons. The third kappa shape index (κ3) is 3.94. The monoisotopic (exact) mass is 284 g/mol. The molecule has 1 saturated carbocycles. The zero-order valence-electron chi connectivity index (χ0n) is 11.5. The SMILES string of the molecule is COC(=O)C(CCSc1nnc(C)n1C)NC1CC1. The van der Waals surface area contributed by atoms with Gasteiger partial charge in [-0.25, -0.2) is 0 Å². The molecule has 1 unspecified atom stereocenters. The number of methoxy groups -OCH3 is 1. The van der Waals surface area contributed by atoms with Crippen molar-refractivity contribution in [2.75, 3.05) is 12.9 Å². The van der Waals surface area contributed by atoms with Crippen LogP contribution in [0.2, 0.25) is 0 Å². The predicted molar refractivity (Wildman–Crippen MR) is 73.0 cm³/mol. The van der Waals surface area contributed by atoms with Gasteiger partial charge in [0.2, 0.25) is 0 Å². The molecule has 1 N–H and O–H groups in total. The second-order valence-electron chi connectivity index (χ2n) is 4.74. The van der Waals surface area contributed by atoms with Gasteiger partial charge in [-0.3, -0.25) is 4.79 Å². The molecule has 1 atom stereocenters. The van der Waals surface area contributed by atoms with Gasteiger partial charge in [0.05, 0.1) is 7.11 Å². The number of ether oxygens (including phenoxy) is 1. The summed E-state index contributed by atoms with van der Waals surface area (Å²) in [7, 11) is 3.38. The number of carbonyl (C=O) groups excluding carboxylic acids is 1. The van der Waals surface area contributed by atoms with Crippen LogP contribution in [0.25, 0.3) is 0 Å². The summed E-state index contributed by atoms with van der Waals surface area (Å²) in [6, 6.07) is 0.283. The Balaban J connectivity index is 1.81. The highest BCUT2D eigenvalue weighted by atomic mass is 32.2. The van der Waals surface area contributed by atoms with Crippen molar-refractivity contribution in [2.45, 2.75) is 43.4 Å². The maximum absolute atomic E-state index is 11.7. The lowest BCUT2D eigenvalue weighted by molar-refractivity contribution is -0.143. The van der Waals surface area contributed by atoms with Crippen molar-refractivity contribution in [1.29, 1.82) is 0 Å². The zero-order valence-corrected chi connectivity index (χ0v) is 12.4. The third-order valence-electron chi connectivity index (χ3n) is 3.19. The van der Waals surface area contributed by atoms with Crippen molar-refractivity contribution in [3.05, 3.63) is 5.82 Å². The summed E-state index contributed by atoms with van der Waals surface area (Å²) >= 11 is 1.61. The first-order valence-corrected chi connectivity index (χ1v) is 7.43. The number of aromatic nitrogens is 3. The molecule has 1 aromatic rings. The van der Waals surface area contributed by atoms with Crippen LogP contribution in [0.15, 0.2) is 5.16 Å². The summed E-state index contributed by atoms with van der Waals surface area (Å²) in [6.07, 6.45) is 3.05. The molecule has 0 bridgehead atoms. The zero-order chi connectivity index (χ0) is 13.8. The molecule has 0 aliphatic heterocycles. The van der Waals surface area contributed by atoms with Crippen LogP contribution >= 0.6 is 11.8 Å². The molecule has 1 aromatic heterocycles. The Bertz CT molecular complexity index is 445. The average Bonchev–Trinajstić information content (AvgIpc) is 3.17. The molecule has 2 rings (SSSR count).